The van der Waals surface area contributed by atoms with Gasteiger partial charge >= 0.3 is 12.3 Å². The van der Waals surface area contributed by atoms with Crippen LogP contribution in [-0.4, -0.2) is 61.4 Å². The molecule has 2 aromatic heterocycles. The minimum Gasteiger partial charge on any atom is -0.453 e. The largest absolute Gasteiger partial charge is 0.453 e. The van der Waals surface area contributed by atoms with Crippen LogP contribution < -0.4 is 15.5 Å². The number of alkyl carbamates (subject to hydrolysis) is 1. The summed E-state index contributed by atoms with van der Waals surface area (Å²) in [6.45, 7) is 3.67. The molecule has 1 unspecified atom stereocenters. The number of aryl methyl sites for hydroxylation is 1. The van der Waals surface area contributed by atoms with E-state index in [9.17, 15) is 22.8 Å². The lowest BCUT2D eigenvalue weighted by Gasteiger charge is -2.33. The quantitative estimate of drug-likeness (QED) is 0.491. The van der Waals surface area contributed by atoms with Crippen molar-refractivity contribution in [1.29, 1.82) is 0 Å². The van der Waals surface area contributed by atoms with E-state index in [-0.39, 0.29) is 11.7 Å². The topological polar surface area (TPSA) is 106 Å². The normalized spacial score (nSPS) is 15.6. The number of amides is 2. The molecule has 2 amide bonds. The number of morpholine rings is 1. The van der Waals surface area contributed by atoms with Gasteiger partial charge in [0.1, 0.15) is 5.82 Å². The van der Waals surface area contributed by atoms with Gasteiger partial charge in [0.2, 0.25) is 0 Å². The Morgan fingerprint density at radius 2 is 2.00 bits per heavy atom. The lowest BCUT2D eigenvalue weighted by molar-refractivity contribution is -0.137. The van der Waals surface area contributed by atoms with E-state index in [1.54, 1.807) is 12.3 Å². The molecule has 1 saturated heterocycles. The Morgan fingerprint density at radius 3 is 2.76 bits per heavy atom. The lowest BCUT2D eigenvalue weighted by atomic mass is 10.0. The number of carbonyl (C=O) groups excluding carboxylic acids is 2. The number of methoxy groups -OCH3 is 1. The van der Waals surface area contributed by atoms with Crippen molar-refractivity contribution in [2.24, 2.45) is 0 Å². The Hall–Kier alpha value is -4.19. The molecule has 1 aliphatic rings. The zero-order chi connectivity index (χ0) is 27.3. The molecule has 9 nitrogen and oxygen atoms in total. The maximum atomic E-state index is 13.0. The van der Waals surface area contributed by atoms with E-state index in [0.717, 1.165) is 23.3 Å². The van der Waals surface area contributed by atoms with E-state index >= 15 is 0 Å². The Bertz CT molecular complexity index is 1320. The van der Waals surface area contributed by atoms with Crippen molar-refractivity contribution in [2.45, 2.75) is 19.2 Å². The second kappa shape index (κ2) is 11.5. The standard InChI is InChI=1S/C26H26F3N5O4/c1-16-22(12-20(13-31-16)33-24(35)18-4-3-5-19(10-18)26(27,28)29)17-6-7-30-23(11-17)34-8-9-38-21(15-34)14-32-25(36)37-2/h3-7,10-13,21H,8-9,14-15H2,1-2H3,(H,32,36)(H,33,35). The third kappa shape index (κ3) is 6.57. The lowest BCUT2D eigenvalue weighted by Crippen LogP contribution is -2.47. The molecular weight excluding hydrogens is 503 g/mol. The van der Waals surface area contributed by atoms with Gasteiger partial charge in [0.15, 0.2) is 0 Å². The number of nitrogens with one attached hydrogen (secondary N) is 2. The maximum absolute atomic E-state index is 13.0. The van der Waals surface area contributed by atoms with Crippen LogP contribution in [0.15, 0.2) is 54.9 Å². The number of anilines is 2. The summed E-state index contributed by atoms with van der Waals surface area (Å²) < 4.78 is 49.4. The number of hydrogen-bond acceptors (Lipinski definition) is 7. The fourth-order valence-corrected chi connectivity index (χ4v) is 4.01. The summed E-state index contributed by atoms with van der Waals surface area (Å²) in [5.74, 6) is 0.0229. The number of alkyl halides is 3. The highest BCUT2D eigenvalue weighted by Crippen LogP contribution is 2.31. The monoisotopic (exact) mass is 529 g/mol. The van der Waals surface area contributed by atoms with E-state index in [0.29, 0.717) is 43.4 Å². The van der Waals surface area contributed by atoms with Crippen molar-refractivity contribution < 1.29 is 32.2 Å². The SMILES string of the molecule is COC(=O)NCC1CN(c2cc(-c3cc(NC(=O)c4cccc(C(F)(F)F)c4)cnc3C)ccn2)CCO1. The van der Waals surface area contributed by atoms with E-state index < -0.39 is 23.7 Å². The van der Waals surface area contributed by atoms with Crippen LogP contribution in [0.3, 0.4) is 0 Å². The van der Waals surface area contributed by atoms with Crippen molar-refractivity contribution >= 4 is 23.5 Å². The van der Waals surface area contributed by atoms with Crippen LogP contribution in [0.4, 0.5) is 29.5 Å². The first-order valence-corrected chi connectivity index (χ1v) is 11.7. The molecule has 0 spiro atoms. The first-order valence-electron chi connectivity index (χ1n) is 11.7. The number of aromatic nitrogens is 2. The molecule has 3 heterocycles. The van der Waals surface area contributed by atoms with Crippen LogP contribution in [0.5, 0.6) is 0 Å². The summed E-state index contributed by atoms with van der Waals surface area (Å²) in [6.07, 6.45) is -2.21. The number of nitrogens with zero attached hydrogens (tertiary/aromatic N) is 3. The van der Waals surface area contributed by atoms with Crippen molar-refractivity contribution in [2.75, 3.05) is 43.6 Å². The van der Waals surface area contributed by atoms with E-state index in [1.807, 2.05) is 24.0 Å². The smallest absolute Gasteiger partial charge is 0.416 e. The third-order valence-electron chi connectivity index (χ3n) is 5.98. The highest BCUT2D eigenvalue weighted by atomic mass is 19.4. The average Bonchev–Trinajstić information content (AvgIpc) is 2.92. The predicted molar refractivity (Wildman–Crippen MR) is 134 cm³/mol. The molecule has 0 saturated carbocycles. The molecule has 3 aromatic rings. The van der Waals surface area contributed by atoms with E-state index in [4.69, 9.17) is 4.74 Å². The van der Waals surface area contributed by atoms with Crippen molar-refractivity contribution in [3.05, 3.63) is 71.7 Å². The van der Waals surface area contributed by atoms with Crippen molar-refractivity contribution in [1.82, 2.24) is 15.3 Å². The highest BCUT2D eigenvalue weighted by molar-refractivity contribution is 6.04. The number of halogens is 3. The van der Waals surface area contributed by atoms with Gasteiger partial charge in [-0.25, -0.2) is 9.78 Å². The third-order valence-corrected chi connectivity index (χ3v) is 5.98. The van der Waals surface area contributed by atoms with Crippen LogP contribution in [0.2, 0.25) is 0 Å². The summed E-state index contributed by atoms with van der Waals surface area (Å²) >= 11 is 0. The Labute approximate surface area is 217 Å². The number of ether oxygens (including phenoxy) is 2. The molecule has 1 atom stereocenters. The fraction of sp³-hybridized carbons (Fsp3) is 0.308. The molecule has 0 radical (unpaired) electrons. The zero-order valence-corrected chi connectivity index (χ0v) is 20.7. The number of benzene rings is 1. The second-order valence-corrected chi connectivity index (χ2v) is 8.60. The number of pyridine rings is 2. The maximum Gasteiger partial charge on any atom is 0.416 e. The van der Waals surface area contributed by atoms with Gasteiger partial charge in [-0.2, -0.15) is 13.2 Å². The molecule has 38 heavy (non-hydrogen) atoms. The zero-order valence-electron chi connectivity index (χ0n) is 20.7. The van der Waals surface area contributed by atoms with Gasteiger partial charge < -0.3 is 25.0 Å². The minimum atomic E-state index is -4.55. The first kappa shape index (κ1) is 26.9. The number of hydrogen-bond donors (Lipinski definition) is 2. The number of carbonyl (C=O) groups is 2. The minimum absolute atomic E-state index is 0.114. The van der Waals surface area contributed by atoms with Crippen molar-refractivity contribution in [3.63, 3.8) is 0 Å². The summed E-state index contributed by atoms with van der Waals surface area (Å²) in [5, 5.41) is 5.26. The van der Waals surface area contributed by atoms with E-state index in [2.05, 4.69) is 25.3 Å². The summed E-state index contributed by atoms with van der Waals surface area (Å²) in [6, 6.07) is 9.64. The van der Waals surface area contributed by atoms with Crippen LogP contribution >= 0.6 is 0 Å². The molecule has 0 aliphatic carbocycles. The first-order chi connectivity index (χ1) is 18.1. The number of rotatable bonds is 6. The second-order valence-electron chi connectivity index (χ2n) is 8.60. The molecule has 4 rings (SSSR count). The van der Waals surface area contributed by atoms with Crippen LogP contribution in [0.1, 0.15) is 21.6 Å². The summed E-state index contributed by atoms with van der Waals surface area (Å²) in [7, 11) is 1.29. The Morgan fingerprint density at radius 1 is 1.18 bits per heavy atom. The molecule has 12 heteroatoms. The molecule has 0 bridgehead atoms. The molecule has 1 fully saturated rings. The van der Waals surface area contributed by atoms with Crippen molar-refractivity contribution in [3.8, 4) is 11.1 Å². The van der Waals surface area contributed by atoms with E-state index in [1.165, 1.54) is 25.4 Å². The highest BCUT2D eigenvalue weighted by Gasteiger charge is 2.31. The fourth-order valence-electron chi connectivity index (χ4n) is 4.01. The Kier molecular flexibility index (Phi) is 8.10. The Balaban J connectivity index is 1.51. The van der Waals surface area contributed by atoms with Crippen LogP contribution in [0.25, 0.3) is 11.1 Å². The van der Waals surface area contributed by atoms with Gasteiger partial charge in [-0.3, -0.25) is 9.78 Å². The summed E-state index contributed by atoms with van der Waals surface area (Å²) in [5.41, 5.74) is 1.55. The molecule has 1 aromatic carbocycles. The van der Waals surface area contributed by atoms with Gasteiger partial charge in [0.25, 0.3) is 5.91 Å². The molecule has 200 valence electrons. The molecule has 1 aliphatic heterocycles. The van der Waals surface area contributed by atoms with Gasteiger partial charge in [0.05, 0.1) is 37.3 Å². The van der Waals surface area contributed by atoms with Gasteiger partial charge in [-0.05, 0) is 48.9 Å². The van der Waals surface area contributed by atoms with Crippen LogP contribution in [0, 0.1) is 6.92 Å². The summed E-state index contributed by atoms with van der Waals surface area (Å²) in [4.78, 5) is 34.9. The molecule has 2 N–H and O–H groups in total. The van der Waals surface area contributed by atoms with Gasteiger partial charge in [-0.1, -0.05) is 6.07 Å². The van der Waals surface area contributed by atoms with Crippen LogP contribution in [-0.2, 0) is 15.7 Å². The average molecular weight is 530 g/mol. The van der Waals surface area contributed by atoms with Gasteiger partial charge in [-0.15, -0.1) is 0 Å². The predicted octanol–water partition coefficient (Wildman–Crippen LogP) is 4.28. The van der Waals surface area contributed by atoms with Gasteiger partial charge in [0, 0.05) is 42.7 Å². The molecular formula is C26H26F3N5O4.